The summed E-state index contributed by atoms with van der Waals surface area (Å²) >= 11 is 0. The van der Waals surface area contributed by atoms with Gasteiger partial charge < -0.3 is 20.3 Å². The van der Waals surface area contributed by atoms with Gasteiger partial charge in [-0.05, 0) is 56.3 Å². The molecule has 0 bridgehead atoms. The van der Waals surface area contributed by atoms with E-state index in [0.717, 1.165) is 31.2 Å². The highest BCUT2D eigenvalue weighted by Crippen LogP contribution is 2.22. The Bertz CT molecular complexity index is 761. The number of carbonyl (C=O) groups is 1. The number of rotatable bonds is 11. The molecule has 0 aliphatic carbocycles. The van der Waals surface area contributed by atoms with Crippen molar-refractivity contribution >= 4 is 11.6 Å². The fraction of sp³-hybridized carbons (Fsp3) is 0.500. The SMILES string of the molecule is COCCNc1ccncc1C(=O)NCCN1CCC(CCc2ccccc2)CC1. The maximum Gasteiger partial charge on any atom is 0.254 e. The van der Waals surface area contributed by atoms with Gasteiger partial charge in [0.15, 0.2) is 0 Å². The standard InChI is InChI=1S/C24H34N4O2/c1-30-18-14-26-23-9-12-25-19-22(23)24(29)27-13-17-28-15-10-21(11-16-28)8-7-20-5-3-2-4-6-20/h2-6,9,12,19,21H,7-8,10-11,13-18H2,1H3,(H,25,26)(H,27,29). The van der Waals surface area contributed by atoms with Crippen molar-refractivity contribution in [3.63, 3.8) is 0 Å². The van der Waals surface area contributed by atoms with Gasteiger partial charge in [0.1, 0.15) is 0 Å². The number of nitrogens with one attached hydrogen (secondary N) is 2. The smallest absolute Gasteiger partial charge is 0.254 e. The number of piperidine rings is 1. The summed E-state index contributed by atoms with van der Waals surface area (Å²) in [5.41, 5.74) is 2.81. The highest BCUT2D eigenvalue weighted by Gasteiger charge is 2.19. The van der Waals surface area contributed by atoms with Gasteiger partial charge in [-0.1, -0.05) is 30.3 Å². The average molecular weight is 411 g/mol. The van der Waals surface area contributed by atoms with Gasteiger partial charge >= 0.3 is 0 Å². The largest absolute Gasteiger partial charge is 0.383 e. The first-order chi connectivity index (χ1) is 14.8. The number of hydrogen-bond acceptors (Lipinski definition) is 5. The molecule has 30 heavy (non-hydrogen) atoms. The number of aryl methyl sites for hydroxylation is 1. The summed E-state index contributed by atoms with van der Waals surface area (Å²) < 4.78 is 5.06. The zero-order valence-corrected chi connectivity index (χ0v) is 18.0. The molecule has 0 atom stereocenters. The van der Waals surface area contributed by atoms with E-state index in [1.807, 2.05) is 6.07 Å². The second-order valence-corrected chi connectivity index (χ2v) is 7.91. The van der Waals surface area contributed by atoms with Gasteiger partial charge in [-0.2, -0.15) is 0 Å². The lowest BCUT2D eigenvalue weighted by atomic mass is 9.90. The Morgan fingerprint density at radius 1 is 1.17 bits per heavy atom. The van der Waals surface area contributed by atoms with Crippen molar-refractivity contribution in [2.45, 2.75) is 25.7 Å². The van der Waals surface area contributed by atoms with Crippen LogP contribution in [0.3, 0.4) is 0 Å². The van der Waals surface area contributed by atoms with E-state index in [-0.39, 0.29) is 5.91 Å². The Balaban J connectivity index is 1.35. The summed E-state index contributed by atoms with van der Waals surface area (Å²) in [7, 11) is 1.66. The first kappa shape index (κ1) is 22.2. The number of benzene rings is 1. The molecule has 1 fully saturated rings. The van der Waals surface area contributed by atoms with Crippen LogP contribution in [0.4, 0.5) is 5.69 Å². The molecule has 162 valence electrons. The van der Waals surface area contributed by atoms with E-state index in [4.69, 9.17) is 4.74 Å². The number of likely N-dealkylation sites (tertiary alicyclic amines) is 1. The maximum atomic E-state index is 12.6. The molecule has 1 aliphatic heterocycles. The number of hydrogen-bond donors (Lipinski definition) is 2. The second kappa shape index (κ2) is 12.3. The van der Waals surface area contributed by atoms with Gasteiger partial charge in [-0.25, -0.2) is 0 Å². The Morgan fingerprint density at radius 2 is 1.97 bits per heavy atom. The minimum atomic E-state index is -0.0826. The second-order valence-electron chi connectivity index (χ2n) is 7.91. The Morgan fingerprint density at radius 3 is 2.73 bits per heavy atom. The number of pyridine rings is 1. The highest BCUT2D eigenvalue weighted by atomic mass is 16.5. The predicted molar refractivity (Wildman–Crippen MR) is 121 cm³/mol. The van der Waals surface area contributed by atoms with Crippen LogP contribution in [-0.4, -0.2) is 62.2 Å². The Kier molecular flexibility index (Phi) is 9.12. The number of carbonyl (C=O) groups excluding carboxylic acids is 1. The Hall–Kier alpha value is -2.44. The summed E-state index contributed by atoms with van der Waals surface area (Å²) in [6.45, 7) is 5.02. The number of anilines is 1. The van der Waals surface area contributed by atoms with Crippen LogP contribution in [0.1, 0.15) is 35.2 Å². The summed E-state index contributed by atoms with van der Waals surface area (Å²) in [4.78, 5) is 19.1. The molecule has 1 aromatic carbocycles. The van der Waals surface area contributed by atoms with Crippen molar-refractivity contribution in [2.24, 2.45) is 5.92 Å². The summed E-state index contributed by atoms with van der Waals surface area (Å²) in [5.74, 6) is 0.730. The molecule has 6 nitrogen and oxygen atoms in total. The zero-order chi connectivity index (χ0) is 21.0. The van der Waals surface area contributed by atoms with Gasteiger partial charge in [-0.3, -0.25) is 9.78 Å². The van der Waals surface area contributed by atoms with E-state index in [9.17, 15) is 4.79 Å². The monoisotopic (exact) mass is 410 g/mol. The third kappa shape index (κ3) is 7.11. The predicted octanol–water partition coefficient (Wildman–Crippen LogP) is 3.21. The summed E-state index contributed by atoms with van der Waals surface area (Å²) in [6, 6.07) is 12.6. The molecule has 0 saturated carbocycles. The normalized spacial score (nSPS) is 15.1. The van der Waals surface area contributed by atoms with Crippen molar-refractivity contribution in [3.05, 3.63) is 59.9 Å². The molecule has 1 aromatic heterocycles. The van der Waals surface area contributed by atoms with Gasteiger partial charge in [0, 0.05) is 39.1 Å². The molecule has 1 saturated heterocycles. The maximum absolute atomic E-state index is 12.6. The first-order valence-electron chi connectivity index (χ1n) is 11.0. The minimum absolute atomic E-state index is 0.0826. The fourth-order valence-corrected chi connectivity index (χ4v) is 3.95. The van der Waals surface area contributed by atoms with E-state index < -0.39 is 0 Å². The number of ether oxygens (including phenoxy) is 1. The molecule has 0 spiro atoms. The molecular weight excluding hydrogens is 376 g/mol. The number of aromatic nitrogens is 1. The number of nitrogens with zero attached hydrogens (tertiary/aromatic N) is 2. The van der Waals surface area contributed by atoms with Crippen LogP contribution in [0.2, 0.25) is 0 Å². The quantitative estimate of drug-likeness (QED) is 0.557. The van der Waals surface area contributed by atoms with Gasteiger partial charge in [0.05, 0.1) is 17.9 Å². The third-order valence-corrected chi connectivity index (χ3v) is 5.79. The van der Waals surface area contributed by atoms with Crippen LogP contribution in [0.15, 0.2) is 48.8 Å². The Labute approximate surface area is 180 Å². The third-order valence-electron chi connectivity index (χ3n) is 5.79. The molecule has 0 radical (unpaired) electrons. The van der Waals surface area contributed by atoms with Gasteiger partial charge in [-0.15, -0.1) is 0 Å². The summed E-state index contributed by atoms with van der Waals surface area (Å²) in [5, 5.41) is 6.27. The molecule has 2 heterocycles. The van der Waals surface area contributed by atoms with E-state index in [1.165, 1.54) is 31.2 Å². The van der Waals surface area contributed by atoms with Gasteiger partial charge in [0.2, 0.25) is 0 Å². The minimum Gasteiger partial charge on any atom is -0.383 e. The summed E-state index contributed by atoms with van der Waals surface area (Å²) in [6.07, 6.45) is 8.24. The molecule has 1 amide bonds. The molecule has 2 aromatic rings. The van der Waals surface area contributed by atoms with Crippen LogP contribution in [0.25, 0.3) is 0 Å². The first-order valence-corrected chi connectivity index (χ1v) is 11.0. The molecule has 0 unspecified atom stereocenters. The van der Waals surface area contributed by atoms with E-state index in [2.05, 4.69) is 50.8 Å². The van der Waals surface area contributed by atoms with Crippen LogP contribution in [0, 0.1) is 5.92 Å². The van der Waals surface area contributed by atoms with Crippen LogP contribution in [-0.2, 0) is 11.2 Å². The van der Waals surface area contributed by atoms with Crippen molar-refractivity contribution in [3.8, 4) is 0 Å². The van der Waals surface area contributed by atoms with Crippen molar-refractivity contribution in [1.29, 1.82) is 0 Å². The van der Waals surface area contributed by atoms with Crippen molar-refractivity contribution in [1.82, 2.24) is 15.2 Å². The lowest BCUT2D eigenvalue weighted by Gasteiger charge is -2.32. The zero-order valence-electron chi connectivity index (χ0n) is 18.0. The van der Waals surface area contributed by atoms with E-state index in [0.29, 0.717) is 25.3 Å². The number of amides is 1. The van der Waals surface area contributed by atoms with Gasteiger partial charge in [0.25, 0.3) is 5.91 Å². The molecule has 6 heteroatoms. The topological polar surface area (TPSA) is 66.5 Å². The molecular formula is C24H34N4O2. The average Bonchev–Trinajstić information content (AvgIpc) is 2.80. The van der Waals surface area contributed by atoms with Crippen LogP contribution < -0.4 is 10.6 Å². The van der Waals surface area contributed by atoms with Crippen molar-refractivity contribution < 1.29 is 9.53 Å². The highest BCUT2D eigenvalue weighted by molar-refractivity contribution is 5.99. The molecule has 3 rings (SSSR count). The van der Waals surface area contributed by atoms with Crippen LogP contribution in [0.5, 0.6) is 0 Å². The van der Waals surface area contributed by atoms with Crippen molar-refractivity contribution in [2.75, 3.05) is 51.8 Å². The van der Waals surface area contributed by atoms with E-state index in [1.54, 1.807) is 19.5 Å². The fourth-order valence-electron chi connectivity index (χ4n) is 3.95. The van der Waals surface area contributed by atoms with E-state index >= 15 is 0 Å². The number of methoxy groups -OCH3 is 1. The lowest BCUT2D eigenvalue weighted by Crippen LogP contribution is -2.39. The molecule has 1 aliphatic rings. The lowest BCUT2D eigenvalue weighted by molar-refractivity contribution is 0.0944. The molecule has 2 N–H and O–H groups in total. The van der Waals surface area contributed by atoms with Crippen LogP contribution >= 0.6 is 0 Å².